The monoisotopic (exact) mass is 428 g/mol. The van der Waals surface area contributed by atoms with E-state index in [0.29, 0.717) is 5.56 Å². The third-order valence-corrected chi connectivity index (χ3v) is 4.15. The Morgan fingerprint density at radius 1 is 1.08 bits per heavy atom. The second-order valence-corrected chi connectivity index (χ2v) is 6.64. The minimum Gasteiger partial charge on any atom is -0.368 e. The molecule has 0 unspecified atom stereocenters. The van der Waals surface area contributed by atoms with Crippen LogP contribution in [-0.2, 0) is 28.6 Å². The van der Waals surface area contributed by atoms with E-state index >= 15 is 0 Å². The van der Waals surface area contributed by atoms with Crippen LogP contribution in [-0.4, -0.2) is 17.9 Å². The molecule has 1 atom stereocenters. The van der Waals surface area contributed by atoms with E-state index in [1.165, 1.54) is 12.1 Å². The zero-order valence-electron chi connectivity index (χ0n) is 13.5. The first kappa shape index (κ1) is 20.0. The number of hydrogen-bond acceptors (Lipinski definition) is 2. The minimum absolute atomic E-state index is 0.152. The number of primary amides is 1. The molecule has 0 aliphatic heterocycles. The Labute approximate surface area is 156 Å². The molecular weight excluding hydrogens is 413 g/mol. The minimum atomic E-state index is -4.43. The highest BCUT2D eigenvalue weighted by atomic mass is 79.9. The lowest BCUT2D eigenvalue weighted by atomic mass is 10.0. The van der Waals surface area contributed by atoms with E-state index in [1.807, 2.05) is 6.07 Å². The number of nitrogens with one attached hydrogen (secondary N) is 1. The highest BCUT2D eigenvalue weighted by molar-refractivity contribution is 9.10. The third-order valence-electron chi connectivity index (χ3n) is 3.65. The van der Waals surface area contributed by atoms with E-state index in [0.717, 1.165) is 22.2 Å². The molecule has 0 spiro atoms. The molecule has 0 aliphatic rings. The Hall–Kier alpha value is -2.35. The van der Waals surface area contributed by atoms with Gasteiger partial charge >= 0.3 is 6.18 Å². The molecule has 0 radical (unpaired) electrons. The molecule has 0 fully saturated rings. The predicted octanol–water partition coefficient (Wildman–Crippen LogP) is 3.22. The summed E-state index contributed by atoms with van der Waals surface area (Å²) in [6, 6.07) is 10.6. The Kier molecular flexibility index (Phi) is 6.42. The van der Waals surface area contributed by atoms with Crippen LogP contribution in [0.15, 0.2) is 53.0 Å². The van der Waals surface area contributed by atoms with Gasteiger partial charge in [0.2, 0.25) is 11.8 Å². The molecule has 2 amide bonds. The number of hydrogen-bond donors (Lipinski definition) is 2. The van der Waals surface area contributed by atoms with Crippen LogP contribution in [0.3, 0.4) is 0 Å². The summed E-state index contributed by atoms with van der Waals surface area (Å²) in [4.78, 5) is 23.7. The van der Waals surface area contributed by atoms with Gasteiger partial charge < -0.3 is 11.1 Å². The molecule has 0 bridgehead atoms. The fourth-order valence-corrected chi connectivity index (χ4v) is 2.81. The van der Waals surface area contributed by atoms with E-state index in [-0.39, 0.29) is 12.8 Å². The van der Waals surface area contributed by atoms with Crippen molar-refractivity contribution in [3.05, 3.63) is 69.7 Å². The molecule has 8 heteroatoms. The number of benzene rings is 2. The normalized spacial score (nSPS) is 12.5. The predicted molar refractivity (Wildman–Crippen MR) is 94.1 cm³/mol. The quantitative estimate of drug-likeness (QED) is 0.741. The smallest absolute Gasteiger partial charge is 0.368 e. The highest BCUT2D eigenvalue weighted by Crippen LogP contribution is 2.29. The van der Waals surface area contributed by atoms with Crippen molar-refractivity contribution in [2.45, 2.75) is 25.1 Å². The van der Waals surface area contributed by atoms with E-state index in [1.54, 1.807) is 18.2 Å². The first-order valence-electron chi connectivity index (χ1n) is 7.64. The molecule has 2 rings (SSSR count). The van der Waals surface area contributed by atoms with Gasteiger partial charge in [-0.1, -0.05) is 40.2 Å². The SMILES string of the molecule is NC(=O)[C@@H](Cc1cccc(Br)c1)NC(=O)Cc1ccc(C(F)(F)F)cc1. The number of amides is 2. The summed E-state index contributed by atoms with van der Waals surface area (Å²) in [5.74, 6) is -1.19. The number of halogens is 4. The van der Waals surface area contributed by atoms with Crippen LogP contribution in [0.25, 0.3) is 0 Å². The van der Waals surface area contributed by atoms with Gasteiger partial charge in [0, 0.05) is 10.9 Å². The molecule has 0 aromatic heterocycles. The summed E-state index contributed by atoms with van der Waals surface area (Å²) >= 11 is 3.32. The largest absolute Gasteiger partial charge is 0.416 e. The molecule has 0 saturated heterocycles. The van der Waals surface area contributed by atoms with Gasteiger partial charge in [0.15, 0.2) is 0 Å². The van der Waals surface area contributed by atoms with Crippen molar-refractivity contribution >= 4 is 27.7 Å². The molecule has 3 N–H and O–H groups in total. The van der Waals surface area contributed by atoms with Crippen molar-refractivity contribution in [2.75, 3.05) is 0 Å². The summed E-state index contributed by atoms with van der Waals surface area (Å²) < 4.78 is 38.5. The standard InChI is InChI=1S/C18H16BrF3N2O2/c19-14-3-1-2-12(8-14)9-15(17(23)26)24-16(25)10-11-4-6-13(7-5-11)18(20,21)22/h1-8,15H,9-10H2,(H2,23,26)(H,24,25)/t15-/m1/s1. The van der Waals surface area contributed by atoms with Gasteiger partial charge in [-0.25, -0.2) is 0 Å². The lowest BCUT2D eigenvalue weighted by Crippen LogP contribution is -2.46. The van der Waals surface area contributed by atoms with Crippen molar-refractivity contribution in [3.8, 4) is 0 Å². The summed E-state index contributed by atoms with van der Waals surface area (Å²) in [5.41, 5.74) is 5.76. The molecule has 2 aromatic carbocycles. The van der Waals surface area contributed by atoms with Crippen molar-refractivity contribution in [3.63, 3.8) is 0 Å². The lowest BCUT2D eigenvalue weighted by Gasteiger charge is -2.16. The van der Waals surface area contributed by atoms with Crippen LogP contribution in [0.4, 0.5) is 13.2 Å². The summed E-state index contributed by atoms with van der Waals surface area (Å²) in [7, 11) is 0. The van der Waals surface area contributed by atoms with E-state index < -0.39 is 29.6 Å². The molecule has 2 aromatic rings. The topological polar surface area (TPSA) is 72.2 Å². The Morgan fingerprint density at radius 2 is 1.73 bits per heavy atom. The van der Waals surface area contributed by atoms with Crippen LogP contribution < -0.4 is 11.1 Å². The molecule has 138 valence electrons. The number of carbonyl (C=O) groups excluding carboxylic acids is 2. The van der Waals surface area contributed by atoms with Gasteiger partial charge in [0.1, 0.15) is 6.04 Å². The zero-order chi connectivity index (χ0) is 19.3. The third kappa shape index (κ3) is 5.87. The van der Waals surface area contributed by atoms with Crippen molar-refractivity contribution in [1.82, 2.24) is 5.32 Å². The number of carbonyl (C=O) groups is 2. The number of nitrogens with two attached hydrogens (primary N) is 1. The average molecular weight is 429 g/mol. The Bertz CT molecular complexity index is 792. The van der Waals surface area contributed by atoms with Gasteiger partial charge in [0.05, 0.1) is 12.0 Å². The van der Waals surface area contributed by atoms with Gasteiger partial charge in [-0.2, -0.15) is 13.2 Å². The first-order valence-corrected chi connectivity index (χ1v) is 8.43. The molecule has 0 heterocycles. The summed E-state index contributed by atoms with van der Waals surface area (Å²) in [6.07, 6.45) is -4.37. The summed E-state index contributed by atoms with van der Waals surface area (Å²) in [5, 5.41) is 2.53. The van der Waals surface area contributed by atoms with Crippen LogP contribution >= 0.6 is 15.9 Å². The summed E-state index contributed by atoms with van der Waals surface area (Å²) in [6.45, 7) is 0. The Balaban J connectivity index is 2.00. The first-order chi connectivity index (χ1) is 12.1. The van der Waals surface area contributed by atoms with E-state index in [2.05, 4.69) is 21.2 Å². The van der Waals surface area contributed by atoms with E-state index in [9.17, 15) is 22.8 Å². The number of rotatable bonds is 6. The van der Waals surface area contributed by atoms with Gasteiger partial charge in [-0.05, 0) is 35.4 Å². The van der Waals surface area contributed by atoms with Crippen molar-refractivity contribution in [2.24, 2.45) is 5.73 Å². The van der Waals surface area contributed by atoms with Crippen LogP contribution in [0, 0.1) is 0 Å². The van der Waals surface area contributed by atoms with Crippen LogP contribution in [0.1, 0.15) is 16.7 Å². The fourth-order valence-electron chi connectivity index (χ4n) is 2.36. The van der Waals surface area contributed by atoms with Crippen LogP contribution in [0.5, 0.6) is 0 Å². The van der Waals surface area contributed by atoms with Gasteiger partial charge in [0.25, 0.3) is 0 Å². The van der Waals surface area contributed by atoms with Gasteiger partial charge in [-0.3, -0.25) is 9.59 Å². The average Bonchev–Trinajstić information content (AvgIpc) is 2.53. The maximum absolute atomic E-state index is 12.5. The maximum atomic E-state index is 12.5. The van der Waals surface area contributed by atoms with Crippen LogP contribution in [0.2, 0.25) is 0 Å². The highest BCUT2D eigenvalue weighted by Gasteiger charge is 2.30. The molecule has 4 nitrogen and oxygen atoms in total. The Morgan fingerprint density at radius 3 is 2.27 bits per heavy atom. The van der Waals surface area contributed by atoms with Crippen molar-refractivity contribution in [1.29, 1.82) is 0 Å². The molecule has 0 aliphatic carbocycles. The molecule has 0 saturated carbocycles. The zero-order valence-corrected chi connectivity index (χ0v) is 15.1. The number of alkyl halides is 3. The second-order valence-electron chi connectivity index (χ2n) is 5.73. The second kappa shape index (κ2) is 8.35. The maximum Gasteiger partial charge on any atom is 0.416 e. The van der Waals surface area contributed by atoms with E-state index in [4.69, 9.17) is 5.73 Å². The fraction of sp³-hybridized carbons (Fsp3) is 0.222. The molecular formula is C18H16BrF3N2O2. The van der Waals surface area contributed by atoms with Gasteiger partial charge in [-0.15, -0.1) is 0 Å². The van der Waals surface area contributed by atoms with Crippen molar-refractivity contribution < 1.29 is 22.8 Å². The lowest BCUT2D eigenvalue weighted by molar-refractivity contribution is -0.137. The molecule has 26 heavy (non-hydrogen) atoms.